The summed E-state index contributed by atoms with van der Waals surface area (Å²) in [6, 6.07) is 11.6. The van der Waals surface area contributed by atoms with E-state index in [-0.39, 0.29) is 11.7 Å². The van der Waals surface area contributed by atoms with Crippen LogP contribution in [-0.4, -0.2) is 25.5 Å². The number of fused-ring (bicyclic) bond motifs is 2. The Morgan fingerprint density at radius 2 is 1.84 bits per heavy atom. The monoisotopic (exact) mass is 508 g/mol. The minimum Gasteiger partial charge on any atom is -0.299 e. The number of ketones is 1. The molecule has 6 heteroatoms. The van der Waals surface area contributed by atoms with Gasteiger partial charge in [-0.1, -0.05) is 13.0 Å². The van der Waals surface area contributed by atoms with Crippen LogP contribution in [0.2, 0.25) is 0 Å². The lowest BCUT2D eigenvalue weighted by atomic mass is 9.83. The van der Waals surface area contributed by atoms with Gasteiger partial charge in [0.05, 0.1) is 23.4 Å². The first-order chi connectivity index (χ1) is 18.5. The lowest BCUT2D eigenvalue weighted by Crippen LogP contribution is -2.21. The highest BCUT2D eigenvalue weighted by molar-refractivity contribution is 5.83. The third kappa shape index (κ3) is 4.44. The second-order valence-corrected chi connectivity index (χ2v) is 11.9. The second kappa shape index (κ2) is 9.40. The Labute approximate surface area is 222 Å². The molecular weight excluding hydrogens is 475 g/mol. The van der Waals surface area contributed by atoms with Crippen LogP contribution in [0.25, 0.3) is 22.2 Å². The molecule has 5 atom stereocenters. The highest BCUT2D eigenvalue weighted by atomic mass is 19.1. The number of aromatic nitrogens is 4. The molecule has 0 aliphatic heterocycles. The highest BCUT2D eigenvalue weighted by Crippen LogP contribution is 2.54. The van der Waals surface area contributed by atoms with E-state index in [9.17, 15) is 9.18 Å². The molecule has 0 N–H and O–H groups in total. The maximum atomic E-state index is 14.0. The van der Waals surface area contributed by atoms with Gasteiger partial charge < -0.3 is 0 Å². The fraction of sp³-hybridized carbons (Fsp3) is 0.438. The molecule has 0 spiro atoms. The van der Waals surface area contributed by atoms with Crippen LogP contribution < -0.4 is 0 Å². The minimum atomic E-state index is -0.202. The van der Waals surface area contributed by atoms with E-state index in [1.165, 1.54) is 24.5 Å². The summed E-state index contributed by atoms with van der Waals surface area (Å²) >= 11 is 0. The summed E-state index contributed by atoms with van der Waals surface area (Å²) in [5.41, 5.74) is 5.03. The van der Waals surface area contributed by atoms with Crippen LogP contribution in [-0.2, 0) is 11.2 Å². The van der Waals surface area contributed by atoms with Gasteiger partial charge in [0.25, 0.3) is 0 Å². The quantitative estimate of drug-likeness (QED) is 0.271. The van der Waals surface area contributed by atoms with Gasteiger partial charge >= 0.3 is 0 Å². The molecule has 3 fully saturated rings. The van der Waals surface area contributed by atoms with Crippen LogP contribution in [0.1, 0.15) is 68.5 Å². The molecule has 3 aromatic heterocycles. The van der Waals surface area contributed by atoms with E-state index >= 15 is 0 Å². The van der Waals surface area contributed by atoms with Crippen molar-refractivity contribution in [1.29, 1.82) is 0 Å². The zero-order valence-corrected chi connectivity index (χ0v) is 21.8. The molecule has 3 saturated carbocycles. The van der Waals surface area contributed by atoms with Crippen molar-refractivity contribution in [3.05, 3.63) is 78.1 Å². The summed E-state index contributed by atoms with van der Waals surface area (Å²) in [5.74, 6) is 2.37. The van der Waals surface area contributed by atoms with Crippen LogP contribution in [0.15, 0.2) is 61.2 Å². The number of nitrogens with zero attached hydrogens (tertiary/aromatic N) is 4. The Bertz CT molecular complexity index is 1480. The van der Waals surface area contributed by atoms with E-state index in [1.807, 2.05) is 35.4 Å². The van der Waals surface area contributed by atoms with Gasteiger partial charge in [0.15, 0.2) is 0 Å². The molecule has 0 amide bonds. The smallest absolute Gasteiger partial charge is 0.140 e. The fourth-order valence-electron chi connectivity index (χ4n) is 7.16. The molecule has 7 rings (SSSR count). The number of rotatable bonds is 7. The number of pyridine rings is 2. The summed E-state index contributed by atoms with van der Waals surface area (Å²) < 4.78 is 16.0. The highest BCUT2D eigenvalue weighted by Gasteiger charge is 2.44. The number of Topliss-reactive ketones (excluding diaryl/α,β-unsaturated/α-hetero) is 1. The molecule has 0 saturated heterocycles. The van der Waals surface area contributed by atoms with Crippen molar-refractivity contribution < 1.29 is 9.18 Å². The third-order valence-electron chi connectivity index (χ3n) is 9.47. The van der Waals surface area contributed by atoms with Gasteiger partial charge in [-0.05, 0) is 104 Å². The van der Waals surface area contributed by atoms with Crippen LogP contribution in [0.3, 0.4) is 0 Å². The predicted octanol–water partition coefficient (Wildman–Crippen LogP) is 6.94. The van der Waals surface area contributed by atoms with Crippen molar-refractivity contribution in [3.8, 4) is 11.3 Å². The van der Waals surface area contributed by atoms with Crippen molar-refractivity contribution in [3.63, 3.8) is 0 Å². The number of carbonyl (C=O) groups is 1. The summed E-state index contributed by atoms with van der Waals surface area (Å²) in [4.78, 5) is 22.3. The molecule has 5 nitrogen and oxygen atoms in total. The second-order valence-electron chi connectivity index (χ2n) is 11.9. The summed E-state index contributed by atoms with van der Waals surface area (Å²) in [5, 5.41) is 5.41. The van der Waals surface area contributed by atoms with E-state index in [1.54, 1.807) is 12.1 Å². The Morgan fingerprint density at radius 1 is 1.03 bits per heavy atom. The average molecular weight is 509 g/mol. The first kappa shape index (κ1) is 23.7. The van der Waals surface area contributed by atoms with Crippen molar-refractivity contribution in [2.24, 2.45) is 23.7 Å². The number of halogens is 1. The molecule has 3 aliphatic rings. The number of hydrogen-bond acceptors (Lipinski definition) is 4. The maximum absolute atomic E-state index is 14.0. The minimum absolute atomic E-state index is 0.0614. The Morgan fingerprint density at radius 3 is 2.58 bits per heavy atom. The molecule has 3 aliphatic carbocycles. The molecule has 0 bridgehead atoms. The molecule has 3 heterocycles. The average Bonchev–Trinajstić information content (AvgIpc) is 3.32. The van der Waals surface area contributed by atoms with Crippen LogP contribution in [0.5, 0.6) is 0 Å². The zero-order valence-electron chi connectivity index (χ0n) is 21.8. The van der Waals surface area contributed by atoms with E-state index in [2.05, 4.69) is 34.3 Å². The van der Waals surface area contributed by atoms with Gasteiger partial charge in [-0.3, -0.25) is 19.4 Å². The maximum Gasteiger partial charge on any atom is 0.140 e. The predicted molar refractivity (Wildman–Crippen MR) is 145 cm³/mol. The Hall–Kier alpha value is -3.41. The van der Waals surface area contributed by atoms with Gasteiger partial charge in [0.2, 0.25) is 0 Å². The summed E-state index contributed by atoms with van der Waals surface area (Å²) in [7, 11) is 0. The lowest BCUT2D eigenvalue weighted by molar-refractivity contribution is -0.123. The summed E-state index contributed by atoms with van der Waals surface area (Å²) in [6.07, 6.45) is 15.0. The topological polar surface area (TPSA) is 60.7 Å². The molecular formula is C32H33FN4O. The molecule has 4 aromatic rings. The van der Waals surface area contributed by atoms with E-state index in [0.29, 0.717) is 41.9 Å². The van der Waals surface area contributed by atoms with Gasteiger partial charge in [-0.2, -0.15) is 5.10 Å². The van der Waals surface area contributed by atoms with Crippen molar-refractivity contribution in [2.45, 2.75) is 63.8 Å². The zero-order chi connectivity index (χ0) is 25.8. The Balaban J connectivity index is 0.967. The molecule has 3 unspecified atom stereocenters. The molecule has 1 aromatic carbocycles. The van der Waals surface area contributed by atoms with Crippen LogP contribution in [0, 0.1) is 29.5 Å². The van der Waals surface area contributed by atoms with Gasteiger partial charge in [0.1, 0.15) is 11.6 Å². The fourth-order valence-corrected chi connectivity index (χ4v) is 7.16. The van der Waals surface area contributed by atoms with Crippen molar-refractivity contribution in [2.75, 3.05) is 0 Å². The molecule has 38 heavy (non-hydrogen) atoms. The first-order valence-electron chi connectivity index (χ1n) is 14.1. The normalized spacial score (nSPS) is 25.5. The van der Waals surface area contributed by atoms with Gasteiger partial charge in [-0.25, -0.2) is 4.39 Å². The van der Waals surface area contributed by atoms with Crippen molar-refractivity contribution in [1.82, 2.24) is 19.7 Å². The largest absolute Gasteiger partial charge is 0.299 e. The van der Waals surface area contributed by atoms with E-state index in [0.717, 1.165) is 53.4 Å². The van der Waals surface area contributed by atoms with Gasteiger partial charge in [-0.15, -0.1) is 0 Å². The van der Waals surface area contributed by atoms with E-state index in [4.69, 9.17) is 0 Å². The standard InChI is InChI=1S/C32H33FN4O/c1-19(32(38)10-20-2-6-30(35-16-20)25-17-36-37(18-25)27-4-5-27)21-11-22-13-24(14-23(22)12-21)28-8-9-34-31-7-3-26(33)15-29(28)31/h2-3,6-9,15-19,21-24,27H,4-5,10-14H2,1H3/t19?,21?,22-,23+,24?. The number of hydrogen-bond donors (Lipinski definition) is 0. The third-order valence-corrected chi connectivity index (χ3v) is 9.47. The van der Waals surface area contributed by atoms with Crippen LogP contribution in [0.4, 0.5) is 4.39 Å². The molecule has 194 valence electrons. The number of carbonyl (C=O) groups excluding carboxylic acids is 1. The van der Waals surface area contributed by atoms with Gasteiger partial charge in [0, 0.05) is 41.9 Å². The Kier molecular flexibility index (Phi) is 5.86. The lowest BCUT2D eigenvalue weighted by Gasteiger charge is -2.21. The molecule has 0 radical (unpaired) electrons. The van der Waals surface area contributed by atoms with Crippen molar-refractivity contribution >= 4 is 16.7 Å². The first-order valence-corrected chi connectivity index (χ1v) is 14.1. The SMILES string of the molecule is CC(C(=O)Cc1ccc(-c2cnn(C3CC3)c2)nc1)C1C[C@H]2CC(c3ccnc4ccc(F)cc34)C[C@H]2C1. The van der Waals surface area contributed by atoms with Crippen LogP contribution >= 0.6 is 0 Å². The van der Waals surface area contributed by atoms with E-state index < -0.39 is 0 Å². The number of benzene rings is 1. The summed E-state index contributed by atoms with van der Waals surface area (Å²) in [6.45, 7) is 2.12.